The molecule has 106 valence electrons. The molecule has 1 aromatic carbocycles. The third-order valence-electron chi connectivity index (χ3n) is 3.53. The zero-order valence-electron chi connectivity index (χ0n) is 11.6. The van der Waals surface area contributed by atoms with Crippen molar-refractivity contribution in [2.75, 3.05) is 0 Å². The van der Waals surface area contributed by atoms with Gasteiger partial charge in [0, 0.05) is 28.9 Å². The Hall–Kier alpha value is -1.78. The molecular weight excluding hydrogens is 278 g/mol. The topological polar surface area (TPSA) is 69.4 Å². The summed E-state index contributed by atoms with van der Waals surface area (Å²) in [7, 11) is 0. The zero-order chi connectivity index (χ0) is 13.7. The van der Waals surface area contributed by atoms with Gasteiger partial charge in [-0.25, -0.2) is 4.79 Å². The summed E-state index contributed by atoms with van der Waals surface area (Å²) < 4.78 is 11.1. The Morgan fingerprint density at radius 1 is 1.10 bits per heavy atom. The Morgan fingerprint density at radius 3 is 2.45 bits per heavy atom. The van der Waals surface area contributed by atoms with Crippen molar-refractivity contribution in [2.45, 2.75) is 27.3 Å². The molecule has 2 aromatic heterocycles. The summed E-state index contributed by atoms with van der Waals surface area (Å²) in [6.07, 6.45) is 0. The molecule has 0 unspecified atom stereocenters. The quantitative estimate of drug-likeness (QED) is 0.699. The second-order valence-corrected chi connectivity index (χ2v) is 4.86. The average molecular weight is 294 g/mol. The summed E-state index contributed by atoms with van der Waals surface area (Å²) >= 11 is 0. The molecule has 5 heteroatoms. The van der Waals surface area contributed by atoms with Crippen molar-refractivity contribution >= 4 is 34.3 Å². The van der Waals surface area contributed by atoms with Crippen LogP contribution in [0, 0.1) is 20.8 Å². The van der Waals surface area contributed by atoms with E-state index < -0.39 is 0 Å². The zero-order valence-corrected chi connectivity index (χ0v) is 12.4. The van der Waals surface area contributed by atoms with Gasteiger partial charge in [0.2, 0.25) is 0 Å². The van der Waals surface area contributed by atoms with Gasteiger partial charge in [-0.2, -0.15) is 0 Å². The Kier molecular flexibility index (Phi) is 3.63. The minimum Gasteiger partial charge on any atom is -0.461 e. The van der Waals surface area contributed by atoms with Gasteiger partial charge in [-0.3, -0.25) is 0 Å². The van der Waals surface area contributed by atoms with Crippen LogP contribution in [0.4, 0.5) is 0 Å². The maximum absolute atomic E-state index is 11.6. The largest absolute Gasteiger partial charge is 0.461 e. The molecule has 0 aliphatic heterocycles. The minimum atomic E-state index is -0.348. The number of rotatable bonds is 1. The molecule has 0 fully saturated rings. The molecule has 0 spiro atoms. The van der Waals surface area contributed by atoms with E-state index in [1.165, 1.54) is 6.07 Å². The Morgan fingerprint density at radius 2 is 1.80 bits per heavy atom. The van der Waals surface area contributed by atoms with E-state index in [2.05, 4.69) is 0 Å². The van der Waals surface area contributed by atoms with Crippen molar-refractivity contribution in [1.29, 1.82) is 0 Å². The number of furan rings is 1. The minimum absolute atomic E-state index is 0. The molecule has 0 saturated carbocycles. The first kappa shape index (κ1) is 14.6. The lowest BCUT2D eigenvalue weighted by atomic mass is 9.98. The first-order chi connectivity index (χ1) is 9.02. The molecule has 3 aromatic rings. The van der Waals surface area contributed by atoms with Gasteiger partial charge >= 0.3 is 5.63 Å². The summed E-state index contributed by atoms with van der Waals surface area (Å²) in [5.41, 5.74) is 9.56. The van der Waals surface area contributed by atoms with Crippen LogP contribution < -0.4 is 11.4 Å². The van der Waals surface area contributed by atoms with E-state index in [-0.39, 0.29) is 18.0 Å². The van der Waals surface area contributed by atoms with Crippen LogP contribution >= 0.6 is 12.4 Å². The van der Waals surface area contributed by atoms with Crippen molar-refractivity contribution in [3.63, 3.8) is 0 Å². The van der Waals surface area contributed by atoms with E-state index in [0.29, 0.717) is 12.1 Å². The molecule has 0 atom stereocenters. The van der Waals surface area contributed by atoms with E-state index in [1.54, 1.807) is 0 Å². The Balaban J connectivity index is 0.00000147. The Labute approximate surface area is 122 Å². The molecule has 2 heterocycles. The van der Waals surface area contributed by atoms with Crippen molar-refractivity contribution in [3.05, 3.63) is 45.0 Å². The first-order valence-electron chi connectivity index (χ1n) is 6.19. The predicted octanol–water partition coefficient (Wildman–Crippen LogP) is 3.34. The van der Waals surface area contributed by atoms with Gasteiger partial charge in [0.05, 0.1) is 0 Å². The fourth-order valence-corrected chi connectivity index (χ4v) is 2.71. The number of nitrogens with two attached hydrogens (primary N) is 1. The van der Waals surface area contributed by atoms with Gasteiger partial charge in [-0.05, 0) is 38.0 Å². The van der Waals surface area contributed by atoms with Crippen LogP contribution in [0.1, 0.15) is 22.5 Å². The van der Waals surface area contributed by atoms with E-state index >= 15 is 0 Å². The lowest BCUT2D eigenvalue weighted by molar-refractivity contribution is 0.551. The molecular formula is C15H16ClNO3. The van der Waals surface area contributed by atoms with Crippen molar-refractivity contribution < 1.29 is 8.83 Å². The van der Waals surface area contributed by atoms with Crippen LogP contribution in [0.2, 0.25) is 0 Å². The highest BCUT2D eigenvalue weighted by molar-refractivity contribution is 6.02. The number of aryl methyl sites for hydroxylation is 3. The smallest absolute Gasteiger partial charge is 0.336 e. The highest BCUT2D eigenvalue weighted by Crippen LogP contribution is 2.35. The lowest BCUT2D eigenvalue weighted by Gasteiger charge is -2.10. The molecule has 0 amide bonds. The van der Waals surface area contributed by atoms with Crippen LogP contribution in [0.25, 0.3) is 21.9 Å². The summed E-state index contributed by atoms with van der Waals surface area (Å²) in [5.74, 6) is 0.822. The molecule has 0 aliphatic carbocycles. The number of benzene rings is 1. The van der Waals surface area contributed by atoms with Gasteiger partial charge in [0.1, 0.15) is 16.9 Å². The van der Waals surface area contributed by atoms with Crippen LogP contribution in [0.15, 0.2) is 25.8 Å². The van der Waals surface area contributed by atoms with Gasteiger partial charge in [0.15, 0.2) is 0 Å². The molecule has 0 radical (unpaired) electrons. The summed E-state index contributed by atoms with van der Waals surface area (Å²) in [5, 5.41) is 1.93. The second-order valence-electron chi connectivity index (χ2n) is 4.86. The van der Waals surface area contributed by atoms with Crippen LogP contribution in [-0.2, 0) is 6.54 Å². The van der Waals surface area contributed by atoms with E-state index in [9.17, 15) is 4.79 Å². The normalized spacial score (nSPS) is 11.0. The summed E-state index contributed by atoms with van der Waals surface area (Å²) in [4.78, 5) is 11.6. The SMILES string of the molecule is Cc1cc2c(CN)c3c(C)cc(=O)oc3c(C)c2o1.Cl. The van der Waals surface area contributed by atoms with Crippen LogP contribution in [-0.4, -0.2) is 0 Å². The third kappa shape index (κ3) is 1.92. The fourth-order valence-electron chi connectivity index (χ4n) is 2.71. The van der Waals surface area contributed by atoms with Gasteiger partial charge in [-0.1, -0.05) is 0 Å². The number of hydrogen-bond acceptors (Lipinski definition) is 4. The van der Waals surface area contributed by atoms with Crippen LogP contribution in [0.5, 0.6) is 0 Å². The number of halogens is 1. The molecule has 4 nitrogen and oxygen atoms in total. The molecule has 0 aliphatic rings. The summed E-state index contributed by atoms with van der Waals surface area (Å²) in [6.45, 7) is 6.07. The highest BCUT2D eigenvalue weighted by atomic mass is 35.5. The molecule has 3 rings (SSSR count). The summed E-state index contributed by atoms with van der Waals surface area (Å²) in [6, 6.07) is 3.48. The van der Waals surface area contributed by atoms with Crippen molar-refractivity contribution in [3.8, 4) is 0 Å². The van der Waals surface area contributed by atoms with Crippen LogP contribution in [0.3, 0.4) is 0 Å². The maximum Gasteiger partial charge on any atom is 0.336 e. The molecule has 0 saturated heterocycles. The molecule has 2 N–H and O–H groups in total. The molecule has 20 heavy (non-hydrogen) atoms. The third-order valence-corrected chi connectivity index (χ3v) is 3.53. The predicted molar refractivity (Wildman–Crippen MR) is 81.6 cm³/mol. The number of fused-ring (bicyclic) bond motifs is 2. The Bertz CT molecular complexity index is 861. The van der Waals surface area contributed by atoms with E-state index in [0.717, 1.165) is 38.8 Å². The average Bonchev–Trinajstić information content (AvgIpc) is 2.73. The van der Waals surface area contributed by atoms with Gasteiger partial charge in [-0.15, -0.1) is 12.4 Å². The van der Waals surface area contributed by atoms with Crippen molar-refractivity contribution in [1.82, 2.24) is 0 Å². The van der Waals surface area contributed by atoms with Crippen molar-refractivity contribution in [2.24, 2.45) is 5.73 Å². The number of hydrogen-bond donors (Lipinski definition) is 1. The standard InChI is InChI=1S/C15H15NO3.ClH/c1-7-4-12(17)19-15-9(3)14-10(5-8(2)18-14)11(6-16)13(7)15;/h4-5H,6,16H2,1-3H3;1H. The lowest BCUT2D eigenvalue weighted by Crippen LogP contribution is -2.04. The highest BCUT2D eigenvalue weighted by Gasteiger charge is 2.17. The van der Waals surface area contributed by atoms with Gasteiger partial charge in [0.25, 0.3) is 0 Å². The second kappa shape index (κ2) is 4.96. The van der Waals surface area contributed by atoms with Gasteiger partial charge < -0.3 is 14.6 Å². The monoisotopic (exact) mass is 293 g/mol. The maximum atomic E-state index is 11.6. The van der Waals surface area contributed by atoms with E-state index in [4.69, 9.17) is 14.6 Å². The first-order valence-corrected chi connectivity index (χ1v) is 6.19. The molecule has 0 bridgehead atoms. The van der Waals surface area contributed by atoms with E-state index in [1.807, 2.05) is 26.8 Å². The fraction of sp³-hybridized carbons (Fsp3) is 0.267.